The van der Waals surface area contributed by atoms with Crippen molar-refractivity contribution in [1.82, 2.24) is 9.78 Å². The quantitative estimate of drug-likeness (QED) is 0.372. The maximum absolute atomic E-state index is 13.5. The van der Waals surface area contributed by atoms with Gasteiger partial charge in [-0.2, -0.15) is 10.4 Å². The molecular formula is C18H26N3O3PSi. The predicted octanol–water partition coefficient (Wildman–Crippen LogP) is 3.33. The van der Waals surface area contributed by atoms with Gasteiger partial charge < -0.3 is 9.26 Å². The Bertz CT molecular complexity index is 809. The minimum absolute atomic E-state index is 0.161. The van der Waals surface area contributed by atoms with Crippen LogP contribution in [0.5, 0.6) is 0 Å². The molecule has 0 spiro atoms. The van der Waals surface area contributed by atoms with E-state index in [0.717, 1.165) is 6.04 Å². The van der Waals surface area contributed by atoms with Gasteiger partial charge in [0.15, 0.2) is 5.44 Å². The molecule has 0 radical (unpaired) electrons. The van der Waals surface area contributed by atoms with E-state index in [-0.39, 0.29) is 18.8 Å². The smallest absolute Gasteiger partial charge is 0.281 e. The number of hydrogen-bond acceptors (Lipinski definition) is 5. The molecule has 0 saturated heterocycles. The summed E-state index contributed by atoms with van der Waals surface area (Å²) in [6, 6.07) is 13.6. The highest BCUT2D eigenvalue weighted by atomic mass is 31.2. The molecular weight excluding hydrogens is 365 g/mol. The molecule has 0 aliphatic carbocycles. The van der Waals surface area contributed by atoms with E-state index in [2.05, 4.69) is 30.8 Å². The molecule has 1 atom stereocenters. The second-order valence-electron chi connectivity index (χ2n) is 7.15. The van der Waals surface area contributed by atoms with E-state index in [4.69, 9.17) is 9.26 Å². The lowest BCUT2D eigenvalue weighted by molar-refractivity contribution is 0.0782. The van der Waals surface area contributed by atoms with Crippen molar-refractivity contribution < 1.29 is 13.8 Å². The van der Waals surface area contributed by atoms with Crippen molar-refractivity contribution in [1.29, 1.82) is 5.26 Å². The largest absolute Gasteiger partial charge is 0.359 e. The Morgan fingerprint density at radius 2 is 1.96 bits per heavy atom. The zero-order valence-corrected chi connectivity index (χ0v) is 17.7. The third-order valence-corrected chi connectivity index (χ3v) is 7.93. The third kappa shape index (κ3) is 5.15. The van der Waals surface area contributed by atoms with Crippen molar-refractivity contribution >= 4 is 26.2 Å². The minimum atomic E-state index is -3.34. The van der Waals surface area contributed by atoms with Gasteiger partial charge in [-0.25, -0.2) is 4.68 Å². The van der Waals surface area contributed by atoms with Gasteiger partial charge in [-0.1, -0.05) is 37.8 Å². The SMILES string of the molecule is CCOP(=O)(c1ccccc1)c1cc(C#N)n(COCC[Si](C)(C)C)n1. The van der Waals surface area contributed by atoms with E-state index >= 15 is 0 Å². The molecule has 1 aromatic carbocycles. The van der Waals surface area contributed by atoms with Crippen LogP contribution in [-0.4, -0.2) is 31.1 Å². The maximum atomic E-state index is 13.5. The van der Waals surface area contributed by atoms with E-state index in [1.165, 1.54) is 10.7 Å². The number of rotatable bonds is 9. The van der Waals surface area contributed by atoms with Crippen LogP contribution in [0.2, 0.25) is 25.7 Å². The topological polar surface area (TPSA) is 77.1 Å². The number of aromatic nitrogens is 2. The zero-order valence-electron chi connectivity index (χ0n) is 15.8. The summed E-state index contributed by atoms with van der Waals surface area (Å²) in [6.45, 7) is 9.70. The Balaban J connectivity index is 2.25. The van der Waals surface area contributed by atoms with Crippen LogP contribution >= 0.6 is 7.37 Å². The van der Waals surface area contributed by atoms with Gasteiger partial charge in [-0.3, -0.25) is 4.57 Å². The molecule has 8 heteroatoms. The summed E-state index contributed by atoms with van der Waals surface area (Å²) in [5.74, 6) is 0. The molecule has 1 aromatic heterocycles. The van der Waals surface area contributed by atoms with Gasteiger partial charge in [0.2, 0.25) is 0 Å². The number of nitriles is 1. The van der Waals surface area contributed by atoms with Crippen LogP contribution < -0.4 is 10.7 Å². The molecule has 1 heterocycles. The lowest BCUT2D eigenvalue weighted by Crippen LogP contribution is -2.23. The summed E-state index contributed by atoms with van der Waals surface area (Å²) >= 11 is 0. The Morgan fingerprint density at radius 3 is 2.54 bits per heavy atom. The van der Waals surface area contributed by atoms with Crippen molar-refractivity contribution in [2.75, 3.05) is 13.2 Å². The van der Waals surface area contributed by atoms with Crippen LogP contribution in [0.1, 0.15) is 12.6 Å². The highest BCUT2D eigenvalue weighted by molar-refractivity contribution is 7.74. The fourth-order valence-electron chi connectivity index (χ4n) is 2.34. The highest BCUT2D eigenvalue weighted by Gasteiger charge is 2.32. The van der Waals surface area contributed by atoms with E-state index < -0.39 is 15.4 Å². The summed E-state index contributed by atoms with van der Waals surface area (Å²) in [6.07, 6.45) is 0. The standard InChI is InChI=1S/C18H26N3O3PSi/c1-5-24-25(22,17-9-7-6-8-10-17)18-13-16(14-19)21(20-18)15-23-11-12-26(2,3)4/h6-10,13H,5,11-12,15H2,1-4H3. The third-order valence-electron chi connectivity index (χ3n) is 3.80. The number of ether oxygens (including phenoxy) is 1. The average molecular weight is 391 g/mol. The monoisotopic (exact) mass is 391 g/mol. The Morgan fingerprint density at radius 1 is 1.27 bits per heavy atom. The van der Waals surface area contributed by atoms with Crippen LogP contribution in [0.15, 0.2) is 36.4 Å². The molecule has 0 N–H and O–H groups in total. The van der Waals surface area contributed by atoms with E-state index in [1.54, 1.807) is 19.1 Å². The first-order valence-electron chi connectivity index (χ1n) is 8.66. The van der Waals surface area contributed by atoms with Crippen molar-refractivity contribution in [3.8, 4) is 6.07 Å². The first kappa shape index (κ1) is 20.6. The van der Waals surface area contributed by atoms with Crippen LogP contribution in [0.3, 0.4) is 0 Å². The van der Waals surface area contributed by atoms with Gasteiger partial charge in [-0.15, -0.1) is 0 Å². The lowest BCUT2D eigenvalue weighted by atomic mass is 10.4. The van der Waals surface area contributed by atoms with Crippen molar-refractivity contribution in [3.63, 3.8) is 0 Å². The van der Waals surface area contributed by atoms with Gasteiger partial charge in [-0.05, 0) is 25.1 Å². The summed E-state index contributed by atoms with van der Waals surface area (Å²) < 4.78 is 26.3. The van der Waals surface area contributed by atoms with E-state index in [1.807, 2.05) is 18.2 Å². The summed E-state index contributed by atoms with van der Waals surface area (Å²) in [7, 11) is -4.52. The summed E-state index contributed by atoms with van der Waals surface area (Å²) in [4.78, 5) is 0. The first-order valence-corrected chi connectivity index (χ1v) is 14.0. The molecule has 140 valence electrons. The lowest BCUT2D eigenvalue weighted by Gasteiger charge is -2.16. The van der Waals surface area contributed by atoms with Gasteiger partial charge >= 0.3 is 0 Å². The molecule has 0 fully saturated rings. The molecule has 0 saturated carbocycles. The molecule has 0 amide bonds. The van der Waals surface area contributed by atoms with Gasteiger partial charge in [0.25, 0.3) is 7.37 Å². The zero-order chi connectivity index (χ0) is 19.2. The number of nitrogens with zero attached hydrogens (tertiary/aromatic N) is 3. The second kappa shape index (κ2) is 8.78. The number of hydrogen-bond donors (Lipinski definition) is 0. The molecule has 2 aromatic rings. The number of benzene rings is 1. The second-order valence-corrected chi connectivity index (χ2v) is 15.1. The van der Waals surface area contributed by atoms with Gasteiger partial charge in [0, 0.05) is 26.1 Å². The van der Waals surface area contributed by atoms with Crippen LogP contribution in [-0.2, 0) is 20.6 Å². The van der Waals surface area contributed by atoms with Crippen LogP contribution in [0.4, 0.5) is 0 Å². The Hall–Kier alpha value is -1.71. The Kier molecular flexibility index (Phi) is 6.96. The maximum Gasteiger partial charge on any atom is 0.281 e. The fourth-order valence-corrected chi connectivity index (χ4v) is 5.09. The molecule has 0 bridgehead atoms. The molecule has 0 aliphatic rings. The summed E-state index contributed by atoms with van der Waals surface area (Å²) in [5.41, 5.74) is 0.583. The molecule has 26 heavy (non-hydrogen) atoms. The summed E-state index contributed by atoms with van der Waals surface area (Å²) in [5, 5.41) is 14.3. The van der Waals surface area contributed by atoms with Crippen molar-refractivity contribution in [2.45, 2.75) is 39.3 Å². The molecule has 0 aliphatic heterocycles. The minimum Gasteiger partial charge on any atom is -0.359 e. The highest BCUT2D eigenvalue weighted by Crippen LogP contribution is 2.44. The van der Waals surface area contributed by atoms with Crippen molar-refractivity contribution in [2.24, 2.45) is 0 Å². The van der Waals surface area contributed by atoms with Crippen LogP contribution in [0.25, 0.3) is 0 Å². The Labute approximate surface area is 156 Å². The fraction of sp³-hybridized carbons (Fsp3) is 0.444. The van der Waals surface area contributed by atoms with Crippen molar-refractivity contribution in [3.05, 3.63) is 42.1 Å². The molecule has 6 nitrogen and oxygen atoms in total. The van der Waals surface area contributed by atoms with Crippen LogP contribution in [0, 0.1) is 11.3 Å². The predicted molar refractivity (Wildman–Crippen MR) is 106 cm³/mol. The molecule has 1 unspecified atom stereocenters. The molecule has 2 rings (SSSR count). The first-order chi connectivity index (χ1) is 12.3. The van der Waals surface area contributed by atoms with Gasteiger partial charge in [0.05, 0.1) is 6.61 Å². The normalized spacial score (nSPS) is 14.0. The van der Waals surface area contributed by atoms with E-state index in [9.17, 15) is 9.83 Å². The van der Waals surface area contributed by atoms with E-state index in [0.29, 0.717) is 17.6 Å². The van der Waals surface area contributed by atoms with Gasteiger partial charge in [0.1, 0.15) is 18.5 Å². The average Bonchev–Trinajstić information content (AvgIpc) is 3.02.